The SMILES string of the molecule is O=S(=O)(O)c1ccc(P)cc1.[H-].[H-].[H-].[Na+].[Na+].[Na+]. The van der Waals surface area contributed by atoms with Crippen molar-refractivity contribution in [2.45, 2.75) is 4.90 Å². The monoisotopic (exact) mass is 262 g/mol. The van der Waals surface area contributed by atoms with Gasteiger partial charge in [-0.3, -0.25) is 4.55 Å². The van der Waals surface area contributed by atoms with E-state index in [0.717, 1.165) is 5.30 Å². The third kappa shape index (κ3) is 7.77. The zero-order chi connectivity index (χ0) is 8.48. The summed E-state index contributed by atoms with van der Waals surface area (Å²) < 4.78 is 29.5. The predicted octanol–water partition coefficient (Wildman–Crippen LogP) is -8.22. The van der Waals surface area contributed by atoms with Gasteiger partial charge in [-0.2, -0.15) is 8.42 Å². The molecule has 0 radical (unpaired) electrons. The number of hydrogen-bond donors (Lipinski definition) is 1. The molecule has 66 valence electrons. The molecule has 0 aliphatic heterocycles. The summed E-state index contributed by atoms with van der Waals surface area (Å²) in [5.74, 6) is 0. The van der Waals surface area contributed by atoms with Crippen LogP contribution in [0.25, 0.3) is 0 Å². The fraction of sp³-hybridized carbons (Fsp3) is 0. The van der Waals surface area contributed by atoms with E-state index in [9.17, 15) is 8.42 Å². The molecule has 1 unspecified atom stereocenters. The Hall–Kier alpha value is 2.56. The van der Waals surface area contributed by atoms with Crippen LogP contribution in [0.2, 0.25) is 0 Å². The van der Waals surface area contributed by atoms with Crippen LogP contribution in [0.1, 0.15) is 4.28 Å². The van der Waals surface area contributed by atoms with E-state index in [4.69, 9.17) is 4.55 Å². The molecule has 14 heavy (non-hydrogen) atoms. The molecule has 0 aromatic heterocycles. The van der Waals surface area contributed by atoms with E-state index in [0.29, 0.717) is 0 Å². The standard InChI is InChI=1S/C6H7O3PS.3Na.3H/c7-11(8,9)6-3-1-5(10)2-4-6;;;;;;/h1-4H,10H2,(H,7,8,9);;;;;;/q;3*+1;3*-1. The van der Waals surface area contributed by atoms with E-state index in [1.165, 1.54) is 12.1 Å². The molecule has 0 heterocycles. The van der Waals surface area contributed by atoms with E-state index in [-0.39, 0.29) is 97.8 Å². The maximum Gasteiger partial charge on any atom is 1.00 e. The number of rotatable bonds is 1. The van der Waals surface area contributed by atoms with Gasteiger partial charge < -0.3 is 4.28 Å². The van der Waals surface area contributed by atoms with Gasteiger partial charge in [0, 0.05) is 0 Å². The van der Waals surface area contributed by atoms with Crippen LogP contribution >= 0.6 is 9.24 Å². The van der Waals surface area contributed by atoms with Gasteiger partial charge in [-0.1, -0.05) is 12.1 Å². The summed E-state index contributed by atoms with van der Waals surface area (Å²) >= 11 is 0. The predicted molar refractivity (Wildman–Crippen MR) is 48.9 cm³/mol. The van der Waals surface area contributed by atoms with Crippen molar-refractivity contribution in [1.82, 2.24) is 0 Å². The van der Waals surface area contributed by atoms with Crippen molar-refractivity contribution < 1.29 is 106 Å². The zero-order valence-electron chi connectivity index (χ0n) is 11.6. The summed E-state index contributed by atoms with van der Waals surface area (Å²) in [5.41, 5.74) is 0. The Morgan fingerprint density at radius 3 is 1.71 bits per heavy atom. The van der Waals surface area contributed by atoms with Gasteiger partial charge in [0.05, 0.1) is 4.90 Å². The second-order valence-electron chi connectivity index (χ2n) is 2.04. The van der Waals surface area contributed by atoms with Crippen LogP contribution in [0, 0.1) is 0 Å². The molecular weight excluding hydrogens is 252 g/mol. The quantitative estimate of drug-likeness (QED) is 0.311. The molecule has 1 aromatic carbocycles. The Morgan fingerprint density at radius 2 is 1.43 bits per heavy atom. The third-order valence-corrected chi connectivity index (χ3v) is 2.43. The summed E-state index contributed by atoms with van der Waals surface area (Å²) in [6, 6.07) is 5.87. The van der Waals surface area contributed by atoms with Gasteiger partial charge in [-0.15, -0.1) is 9.24 Å². The molecule has 1 aromatic rings. The minimum Gasteiger partial charge on any atom is -1.00 e. The summed E-state index contributed by atoms with van der Waals surface area (Å²) in [6.07, 6.45) is 0. The fourth-order valence-corrected chi connectivity index (χ4v) is 1.31. The van der Waals surface area contributed by atoms with Crippen molar-refractivity contribution in [1.29, 1.82) is 0 Å². The van der Waals surface area contributed by atoms with Gasteiger partial charge in [0.25, 0.3) is 10.1 Å². The van der Waals surface area contributed by atoms with Crippen LogP contribution in [0.15, 0.2) is 29.2 Å². The first kappa shape index (κ1) is 21.8. The second kappa shape index (κ2) is 9.58. The third-order valence-electron chi connectivity index (χ3n) is 1.18. The molecular formula is C6H10Na3O3PS. The molecule has 0 aliphatic rings. The van der Waals surface area contributed by atoms with Crippen LogP contribution in [0.5, 0.6) is 0 Å². The first-order chi connectivity index (χ1) is 5.00. The summed E-state index contributed by atoms with van der Waals surface area (Å²) in [6.45, 7) is 0. The van der Waals surface area contributed by atoms with E-state index >= 15 is 0 Å². The summed E-state index contributed by atoms with van der Waals surface area (Å²) in [7, 11) is -1.61. The van der Waals surface area contributed by atoms with E-state index in [1.54, 1.807) is 12.1 Å². The Bertz CT molecular complexity index is 363. The Labute approximate surface area is 157 Å². The van der Waals surface area contributed by atoms with Crippen LogP contribution in [-0.2, 0) is 10.1 Å². The number of benzene rings is 1. The maximum absolute atomic E-state index is 10.5. The molecule has 1 N–H and O–H groups in total. The summed E-state index contributed by atoms with van der Waals surface area (Å²) in [5, 5.41) is 0.873. The van der Waals surface area contributed by atoms with Crippen molar-refractivity contribution in [2.75, 3.05) is 0 Å². The molecule has 0 spiro atoms. The average Bonchev–Trinajstić information content (AvgIpc) is 1.86. The van der Waals surface area contributed by atoms with E-state index in [2.05, 4.69) is 9.24 Å². The molecule has 1 rings (SSSR count). The van der Waals surface area contributed by atoms with Crippen LogP contribution in [0.3, 0.4) is 0 Å². The molecule has 0 saturated heterocycles. The van der Waals surface area contributed by atoms with Crippen molar-refractivity contribution >= 4 is 24.7 Å². The molecule has 3 nitrogen and oxygen atoms in total. The molecule has 0 amide bonds. The molecule has 0 fully saturated rings. The van der Waals surface area contributed by atoms with Gasteiger partial charge in [0.2, 0.25) is 0 Å². The number of hydrogen-bond acceptors (Lipinski definition) is 2. The van der Waals surface area contributed by atoms with Gasteiger partial charge in [0.1, 0.15) is 0 Å². The smallest absolute Gasteiger partial charge is 1.00 e. The van der Waals surface area contributed by atoms with Gasteiger partial charge in [-0.05, 0) is 17.4 Å². The summed E-state index contributed by atoms with van der Waals surface area (Å²) in [4.78, 5) is -0.0799. The minimum absolute atomic E-state index is 0. The topological polar surface area (TPSA) is 54.4 Å². The van der Waals surface area contributed by atoms with E-state index < -0.39 is 10.1 Å². The molecule has 8 heteroatoms. The van der Waals surface area contributed by atoms with Gasteiger partial charge >= 0.3 is 88.7 Å². The molecule has 0 saturated carbocycles. The first-order valence-corrected chi connectivity index (χ1v) is 4.85. The van der Waals surface area contributed by atoms with Crippen molar-refractivity contribution in [3.05, 3.63) is 24.3 Å². The van der Waals surface area contributed by atoms with Crippen LogP contribution in [0.4, 0.5) is 0 Å². The molecule has 0 bridgehead atoms. The van der Waals surface area contributed by atoms with Gasteiger partial charge in [-0.25, -0.2) is 0 Å². The maximum atomic E-state index is 10.5. The molecule has 1 atom stereocenters. The average molecular weight is 262 g/mol. The zero-order valence-corrected chi connectivity index (χ0v) is 16.5. The Balaban J connectivity index is -0.0000000504. The van der Waals surface area contributed by atoms with Crippen molar-refractivity contribution in [2.24, 2.45) is 0 Å². The second-order valence-corrected chi connectivity index (χ2v) is 4.13. The first-order valence-electron chi connectivity index (χ1n) is 2.83. The van der Waals surface area contributed by atoms with Crippen LogP contribution in [-0.4, -0.2) is 13.0 Å². The fourth-order valence-electron chi connectivity index (χ4n) is 0.640. The minimum atomic E-state index is -4.03. The Morgan fingerprint density at radius 1 is 1.07 bits per heavy atom. The van der Waals surface area contributed by atoms with Crippen molar-refractivity contribution in [3.63, 3.8) is 0 Å². The van der Waals surface area contributed by atoms with E-state index in [1.807, 2.05) is 0 Å². The molecule has 0 aliphatic carbocycles. The van der Waals surface area contributed by atoms with Crippen LogP contribution < -0.4 is 94.0 Å². The normalized spacial score (nSPS) is 9.00. The van der Waals surface area contributed by atoms with Gasteiger partial charge in [0.15, 0.2) is 0 Å². The van der Waals surface area contributed by atoms with Crippen molar-refractivity contribution in [3.8, 4) is 0 Å². The largest absolute Gasteiger partial charge is 1.00 e. The Kier molecular flexibility index (Phi) is 14.9.